The molecule has 1 saturated heterocycles. The third-order valence-corrected chi connectivity index (χ3v) is 8.23. The Bertz CT molecular complexity index is 1230. The summed E-state index contributed by atoms with van der Waals surface area (Å²) in [5.74, 6) is 0. The van der Waals surface area contributed by atoms with Crippen LogP contribution in [0.2, 0.25) is 0 Å². The summed E-state index contributed by atoms with van der Waals surface area (Å²) in [6.45, 7) is 4.76. The van der Waals surface area contributed by atoms with Gasteiger partial charge in [-0.3, -0.25) is 10.1 Å². The maximum absolute atomic E-state index is 12.8. The molecule has 3 aromatic rings. The Morgan fingerprint density at radius 3 is 2.44 bits per heavy atom. The second-order valence-corrected chi connectivity index (χ2v) is 10.8. The van der Waals surface area contributed by atoms with E-state index in [9.17, 15) is 18.5 Å². The Balaban J connectivity index is 1.56. The number of anilines is 1. The van der Waals surface area contributed by atoms with Crippen LogP contribution < -0.4 is 5.32 Å². The van der Waals surface area contributed by atoms with Crippen LogP contribution >= 0.6 is 11.3 Å². The molecule has 0 unspecified atom stereocenters. The van der Waals surface area contributed by atoms with Crippen molar-refractivity contribution >= 4 is 32.7 Å². The topological polar surface area (TPSA) is 105 Å². The molecule has 0 saturated carbocycles. The van der Waals surface area contributed by atoms with Crippen molar-refractivity contribution in [3.05, 3.63) is 68.5 Å². The first-order valence-corrected chi connectivity index (χ1v) is 12.7. The number of thiazole rings is 1. The SMILES string of the molecule is Cc1nc(-c2ccc([C@H](C)Nc3ccc(S(=O)(=O)N4CCCC4)cc3[N+](=O)[O-])cc2)cs1. The van der Waals surface area contributed by atoms with E-state index >= 15 is 0 Å². The first-order valence-electron chi connectivity index (χ1n) is 10.3. The standard InChI is InChI=1S/C22H24N4O4S2/c1-15(17-5-7-18(8-6-17)21-14-31-16(2)24-21)23-20-10-9-19(13-22(20)26(27)28)32(29,30)25-11-3-4-12-25/h5-10,13-15,23H,3-4,11-12H2,1-2H3/t15-/m0/s1. The smallest absolute Gasteiger partial charge is 0.293 e. The molecule has 1 atom stereocenters. The number of benzene rings is 2. The van der Waals surface area contributed by atoms with Gasteiger partial charge in [0.1, 0.15) is 5.69 Å². The second kappa shape index (κ2) is 8.97. The van der Waals surface area contributed by atoms with Gasteiger partial charge in [-0.1, -0.05) is 24.3 Å². The van der Waals surface area contributed by atoms with E-state index in [1.54, 1.807) is 11.3 Å². The van der Waals surface area contributed by atoms with E-state index in [1.165, 1.54) is 16.4 Å². The molecule has 0 aliphatic carbocycles. The Morgan fingerprint density at radius 1 is 1.16 bits per heavy atom. The summed E-state index contributed by atoms with van der Waals surface area (Å²) < 4.78 is 27.0. The van der Waals surface area contributed by atoms with Gasteiger partial charge in [-0.25, -0.2) is 13.4 Å². The van der Waals surface area contributed by atoms with Crippen molar-refractivity contribution in [1.29, 1.82) is 0 Å². The molecular weight excluding hydrogens is 448 g/mol. The summed E-state index contributed by atoms with van der Waals surface area (Å²) in [7, 11) is -3.73. The third-order valence-electron chi connectivity index (χ3n) is 5.57. The molecule has 0 bridgehead atoms. The maximum atomic E-state index is 12.8. The highest BCUT2D eigenvalue weighted by molar-refractivity contribution is 7.89. The van der Waals surface area contributed by atoms with Gasteiger partial charge in [-0.05, 0) is 44.4 Å². The number of aromatic nitrogens is 1. The molecular formula is C22H24N4O4S2. The maximum Gasteiger partial charge on any atom is 0.293 e. The molecule has 10 heteroatoms. The van der Waals surface area contributed by atoms with Gasteiger partial charge in [0, 0.05) is 36.1 Å². The monoisotopic (exact) mass is 472 g/mol. The largest absolute Gasteiger partial charge is 0.373 e. The van der Waals surface area contributed by atoms with Gasteiger partial charge in [-0.2, -0.15) is 4.31 Å². The Hall–Kier alpha value is -2.82. The lowest BCUT2D eigenvalue weighted by atomic mass is 10.0. The number of nitrogens with one attached hydrogen (secondary N) is 1. The fraction of sp³-hybridized carbons (Fsp3) is 0.318. The summed E-state index contributed by atoms with van der Waals surface area (Å²) in [6, 6.07) is 11.7. The highest BCUT2D eigenvalue weighted by atomic mass is 32.2. The summed E-state index contributed by atoms with van der Waals surface area (Å²) in [4.78, 5) is 15.6. The van der Waals surface area contributed by atoms with Crippen molar-refractivity contribution in [2.45, 2.75) is 37.6 Å². The third kappa shape index (κ3) is 4.52. The normalized spacial score (nSPS) is 15.6. The van der Waals surface area contributed by atoms with Crippen LogP contribution in [0, 0.1) is 17.0 Å². The van der Waals surface area contributed by atoms with Crippen molar-refractivity contribution < 1.29 is 13.3 Å². The number of nitro benzene ring substituents is 1. The molecule has 32 heavy (non-hydrogen) atoms. The average molecular weight is 473 g/mol. The summed E-state index contributed by atoms with van der Waals surface area (Å²) in [6.07, 6.45) is 1.61. The van der Waals surface area contributed by atoms with Gasteiger partial charge in [0.15, 0.2) is 0 Å². The Labute approximate surface area is 191 Å². The number of sulfonamides is 1. The zero-order valence-electron chi connectivity index (χ0n) is 17.8. The fourth-order valence-corrected chi connectivity index (χ4v) is 5.94. The Kier molecular flexibility index (Phi) is 6.27. The van der Waals surface area contributed by atoms with Crippen molar-refractivity contribution in [3.63, 3.8) is 0 Å². The molecule has 4 rings (SSSR count). The molecule has 168 valence electrons. The van der Waals surface area contributed by atoms with Crippen LogP contribution in [0.15, 0.2) is 52.7 Å². The van der Waals surface area contributed by atoms with E-state index in [0.29, 0.717) is 13.1 Å². The van der Waals surface area contributed by atoms with Gasteiger partial charge in [0.25, 0.3) is 5.69 Å². The molecule has 2 heterocycles. The number of nitrogens with zero attached hydrogens (tertiary/aromatic N) is 3. The molecule has 8 nitrogen and oxygen atoms in total. The molecule has 0 amide bonds. The number of hydrogen-bond donors (Lipinski definition) is 1. The van der Waals surface area contributed by atoms with E-state index < -0.39 is 14.9 Å². The van der Waals surface area contributed by atoms with Gasteiger partial charge in [0.05, 0.1) is 20.5 Å². The predicted octanol–water partition coefficient (Wildman–Crippen LogP) is 4.98. The van der Waals surface area contributed by atoms with Gasteiger partial charge in [-0.15, -0.1) is 11.3 Å². The highest BCUT2D eigenvalue weighted by Gasteiger charge is 2.29. The predicted molar refractivity (Wildman–Crippen MR) is 125 cm³/mol. The highest BCUT2D eigenvalue weighted by Crippen LogP contribution is 2.33. The molecule has 0 spiro atoms. The minimum Gasteiger partial charge on any atom is -0.373 e. The lowest BCUT2D eigenvalue weighted by Gasteiger charge is -2.18. The second-order valence-electron chi connectivity index (χ2n) is 7.79. The number of rotatable bonds is 7. The minimum absolute atomic E-state index is 0.0489. The van der Waals surface area contributed by atoms with Crippen molar-refractivity contribution in [2.75, 3.05) is 18.4 Å². The fourth-order valence-electron chi connectivity index (χ4n) is 3.78. The molecule has 1 N–H and O–H groups in total. The molecule has 1 aliphatic heterocycles. The van der Waals surface area contributed by atoms with Crippen LogP contribution in [0.5, 0.6) is 0 Å². The zero-order chi connectivity index (χ0) is 22.9. The molecule has 2 aromatic carbocycles. The van der Waals surface area contributed by atoms with E-state index in [1.807, 2.05) is 43.5 Å². The van der Waals surface area contributed by atoms with Crippen LogP contribution in [-0.2, 0) is 10.0 Å². The minimum atomic E-state index is -3.73. The summed E-state index contributed by atoms with van der Waals surface area (Å²) in [5.41, 5.74) is 2.90. The molecule has 0 radical (unpaired) electrons. The summed E-state index contributed by atoms with van der Waals surface area (Å²) >= 11 is 1.59. The Morgan fingerprint density at radius 2 is 1.84 bits per heavy atom. The summed E-state index contributed by atoms with van der Waals surface area (Å²) in [5, 5.41) is 17.9. The molecule has 1 fully saturated rings. The van der Waals surface area contributed by atoms with Crippen LogP contribution in [0.4, 0.5) is 11.4 Å². The van der Waals surface area contributed by atoms with Crippen molar-refractivity contribution in [3.8, 4) is 11.3 Å². The van der Waals surface area contributed by atoms with E-state index in [4.69, 9.17) is 0 Å². The quantitative estimate of drug-likeness (QED) is 0.384. The van der Waals surface area contributed by atoms with Crippen LogP contribution in [-0.4, -0.2) is 35.7 Å². The van der Waals surface area contributed by atoms with E-state index in [-0.39, 0.29) is 22.3 Å². The van der Waals surface area contributed by atoms with Gasteiger partial charge < -0.3 is 5.32 Å². The molecule has 1 aliphatic rings. The van der Waals surface area contributed by atoms with Gasteiger partial charge in [0.2, 0.25) is 10.0 Å². The van der Waals surface area contributed by atoms with E-state index in [0.717, 1.165) is 40.7 Å². The van der Waals surface area contributed by atoms with E-state index in [2.05, 4.69) is 10.3 Å². The zero-order valence-corrected chi connectivity index (χ0v) is 19.4. The number of nitro groups is 1. The van der Waals surface area contributed by atoms with Crippen LogP contribution in [0.3, 0.4) is 0 Å². The number of aryl methyl sites for hydroxylation is 1. The first-order chi connectivity index (χ1) is 15.3. The van der Waals surface area contributed by atoms with Crippen LogP contribution in [0.1, 0.15) is 36.4 Å². The number of hydrogen-bond acceptors (Lipinski definition) is 7. The first kappa shape index (κ1) is 22.4. The molecule has 1 aromatic heterocycles. The van der Waals surface area contributed by atoms with Crippen LogP contribution in [0.25, 0.3) is 11.3 Å². The van der Waals surface area contributed by atoms with Crippen molar-refractivity contribution in [1.82, 2.24) is 9.29 Å². The van der Waals surface area contributed by atoms with Gasteiger partial charge >= 0.3 is 0 Å². The average Bonchev–Trinajstić information content (AvgIpc) is 3.46. The lowest BCUT2D eigenvalue weighted by Crippen LogP contribution is -2.27. The van der Waals surface area contributed by atoms with Crippen molar-refractivity contribution in [2.24, 2.45) is 0 Å². The lowest BCUT2D eigenvalue weighted by molar-refractivity contribution is -0.384.